The fourth-order valence-electron chi connectivity index (χ4n) is 2.35. The number of hydrogen-bond acceptors (Lipinski definition) is 5. The number of halogens is 3. The highest BCUT2D eigenvalue weighted by Crippen LogP contribution is 2.32. The van der Waals surface area contributed by atoms with Gasteiger partial charge in [-0.25, -0.2) is 9.97 Å². The van der Waals surface area contributed by atoms with Crippen LogP contribution in [0, 0.1) is 13.8 Å². The lowest BCUT2D eigenvalue weighted by Crippen LogP contribution is -2.11. The van der Waals surface area contributed by atoms with Gasteiger partial charge < -0.3 is 10.4 Å². The lowest BCUT2D eigenvalue weighted by Gasteiger charge is -2.14. The van der Waals surface area contributed by atoms with Gasteiger partial charge in [-0.05, 0) is 49.2 Å². The number of phenols is 1. The van der Waals surface area contributed by atoms with Crippen LogP contribution < -0.4 is 5.32 Å². The fraction of sp³-hybridized carbons (Fsp3) is 0.167. The summed E-state index contributed by atoms with van der Waals surface area (Å²) in [5.74, 6) is 0.0331. The predicted molar refractivity (Wildman–Crippen MR) is 91.1 cm³/mol. The molecule has 0 bridgehead atoms. The third-order valence-electron chi connectivity index (χ3n) is 3.74. The van der Waals surface area contributed by atoms with Crippen LogP contribution in [0.4, 0.5) is 24.7 Å². The van der Waals surface area contributed by atoms with E-state index >= 15 is 0 Å². The number of aryl methyl sites for hydroxylation is 2. The molecule has 8 heteroatoms. The maximum atomic E-state index is 13.2. The number of anilines is 2. The van der Waals surface area contributed by atoms with Crippen molar-refractivity contribution in [2.75, 3.05) is 5.32 Å². The molecule has 134 valence electrons. The molecule has 5 nitrogen and oxygen atoms in total. The number of aromatic nitrogens is 3. The van der Waals surface area contributed by atoms with Gasteiger partial charge in [0.25, 0.3) is 0 Å². The van der Waals surface area contributed by atoms with E-state index in [1.165, 1.54) is 18.5 Å². The molecule has 0 spiro atoms. The second kappa shape index (κ2) is 6.62. The monoisotopic (exact) mass is 360 g/mol. The Bertz CT molecular complexity index is 943. The molecule has 3 rings (SSSR count). The van der Waals surface area contributed by atoms with Crippen molar-refractivity contribution in [1.29, 1.82) is 0 Å². The third-order valence-corrected chi connectivity index (χ3v) is 3.74. The van der Waals surface area contributed by atoms with Gasteiger partial charge in [-0.2, -0.15) is 13.2 Å². The van der Waals surface area contributed by atoms with Crippen LogP contribution in [0.25, 0.3) is 11.4 Å². The van der Waals surface area contributed by atoms with Gasteiger partial charge in [-0.1, -0.05) is 0 Å². The highest BCUT2D eigenvalue weighted by Gasteiger charge is 2.34. The van der Waals surface area contributed by atoms with Gasteiger partial charge in [0.05, 0.1) is 0 Å². The van der Waals surface area contributed by atoms with Gasteiger partial charge in [-0.15, -0.1) is 0 Å². The Balaban J connectivity index is 2.08. The summed E-state index contributed by atoms with van der Waals surface area (Å²) in [7, 11) is 0. The summed E-state index contributed by atoms with van der Waals surface area (Å²) in [6, 6.07) is 7.21. The van der Waals surface area contributed by atoms with Crippen molar-refractivity contribution in [3.05, 3.63) is 59.5 Å². The number of phenolic OH excluding ortho intramolecular Hbond substituents is 1. The van der Waals surface area contributed by atoms with Gasteiger partial charge >= 0.3 is 6.18 Å². The lowest BCUT2D eigenvalue weighted by atomic mass is 10.1. The summed E-state index contributed by atoms with van der Waals surface area (Å²) < 4.78 is 39.7. The first-order valence-electron chi connectivity index (χ1n) is 7.68. The van der Waals surface area contributed by atoms with Crippen molar-refractivity contribution in [1.82, 2.24) is 15.0 Å². The summed E-state index contributed by atoms with van der Waals surface area (Å²) >= 11 is 0. The highest BCUT2D eigenvalue weighted by atomic mass is 19.4. The maximum Gasteiger partial charge on any atom is 0.433 e. The van der Waals surface area contributed by atoms with Crippen LogP contribution in [0.1, 0.15) is 16.8 Å². The number of rotatable bonds is 3. The Hall–Kier alpha value is -3.16. The van der Waals surface area contributed by atoms with E-state index in [0.29, 0.717) is 22.4 Å². The standard InChI is InChI=1S/C18H15F3N4O/c1-10-7-14(26)11(2)6-13(10)23-16-8-15(18(19,20)21)24-17(25-16)12-4-3-5-22-9-12/h3-9,26H,1-2H3,(H,23,24,25). The van der Waals surface area contributed by atoms with E-state index in [1.54, 1.807) is 32.0 Å². The molecule has 0 atom stereocenters. The minimum Gasteiger partial charge on any atom is -0.508 e. The first-order chi connectivity index (χ1) is 12.2. The van der Waals surface area contributed by atoms with Gasteiger partial charge in [0.15, 0.2) is 11.5 Å². The number of nitrogens with zero attached hydrogens (tertiary/aromatic N) is 3. The molecule has 26 heavy (non-hydrogen) atoms. The Morgan fingerprint density at radius 2 is 1.81 bits per heavy atom. The summed E-state index contributed by atoms with van der Waals surface area (Å²) in [5, 5.41) is 12.6. The van der Waals surface area contributed by atoms with Gasteiger partial charge in [0.2, 0.25) is 0 Å². The van der Waals surface area contributed by atoms with E-state index in [0.717, 1.165) is 6.07 Å². The fourth-order valence-corrected chi connectivity index (χ4v) is 2.35. The van der Waals surface area contributed by atoms with Gasteiger partial charge in [0, 0.05) is 29.7 Å². The van der Waals surface area contributed by atoms with Crippen molar-refractivity contribution >= 4 is 11.5 Å². The van der Waals surface area contributed by atoms with Crippen molar-refractivity contribution in [2.45, 2.75) is 20.0 Å². The smallest absolute Gasteiger partial charge is 0.433 e. The SMILES string of the molecule is Cc1cc(Nc2cc(C(F)(F)F)nc(-c3cccnc3)n2)c(C)cc1O. The third kappa shape index (κ3) is 3.74. The molecule has 0 saturated carbocycles. The number of benzene rings is 1. The number of alkyl halides is 3. The summed E-state index contributed by atoms with van der Waals surface area (Å²) in [6.07, 6.45) is -1.70. The van der Waals surface area contributed by atoms with Crippen LogP contribution in [-0.2, 0) is 6.18 Å². The maximum absolute atomic E-state index is 13.2. The molecule has 2 aromatic heterocycles. The molecule has 3 aromatic rings. The van der Waals surface area contributed by atoms with Crippen molar-refractivity contribution < 1.29 is 18.3 Å². The molecule has 0 unspecified atom stereocenters. The quantitative estimate of drug-likeness (QED) is 0.667. The number of aromatic hydroxyl groups is 1. The Labute approximate surface area is 147 Å². The second-order valence-corrected chi connectivity index (χ2v) is 5.78. The van der Waals surface area contributed by atoms with Crippen LogP contribution >= 0.6 is 0 Å². The van der Waals surface area contributed by atoms with E-state index in [4.69, 9.17) is 0 Å². The van der Waals surface area contributed by atoms with Crippen LogP contribution in [0.3, 0.4) is 0 Å². The zero-order chi connectivity index (χ0) is 18.9. The average molecular weight is 360 g/mol. The predicted octanol–water partition coefficient (Wildman–Crippen LogP) is 4.62. The molecule has 0 amide bonds. The second-order valence-electron chi connectivity index (χ2n) is 5.78. The number of nitrogens with one attached hydrogen (secondary N) is 1. The molecule has 0 aliphatic rings. The van der Waals surface area contributed by atoms with Crippen molar-refractivity contribution in [3.63, 3.8) is 0 Å². The molecular weight excluding hydrogens is 345 g/mol. The van der Waals surface area contributed by atoms with Gasteiger partial charge in [-0.3, -0.25) is 4.98 Å². The summed E-state index contributed by atoms with van der Waals surface area (Å²) in [4.78, 5) is 11.7. The number of pyridine rings is 1. The highest BCUT2D eigenvalue weighted by molar-refractivity contribution is 5.65. The molecule has 2 heterocycles. The molecule has 0 aliphatic carbocycles. The number of hydrogen-bond donors (Lipinski definition) is 2. The Morgan fingerprint density at radius 3 is 2.46 bits per heavy atom. The zero-order valence-electron chi connectivity index (χ0n) is 14.0. The minimum absolute atomic E-state index is 0.000585. The Kier molecular flexibility index (Phi) is 4.50. The van der Waals surface area contributed by atoms with Gasteiger partial charge in [0.1, 0.15) is 11.6 Å². The molecule has 2 N–H and O–H groups in total. The largest absolute Gasteiger partial charge is 0.508 e. The molecule has 0 radical (unpaired) electrons. The van der Waals surface area contributed by atoms with E-state index in [-0.39, 0.29) is 17.4 Å². The normalized spacial score (nSPS) is 11.4. The summed E-state index contributed by atoms with van der Waals surface area (Å²) in [5.41, 5.74) is 1.13. The first kappa shape index (κ1) is 17.7. The van der Waals surface area contributed by atoms with E-state index < -0.39 is 11.9 Å². The first-order valence-corrected chi connectivity index (χ1v) is 7.68. The molecule has 1 aromatic carbocycles. The average Bonchev–Trinajstić information content (AvgIpc) is 2.59. The van der Waals surface area contributed by atoms with Crippen molar-refractivity contribution in [2.24, 2.45) is 0 Å². The van der Waals surface area contributed by atoms with E-state index in [9.17, 15) is 18.3 Å². The zero-order valence-corrected chi connectivity index (χ0v) is 14.0. The van der Waals surface area contributed by atoms with E-state index in [2.05, 4.69) is 20.3 Å². The molecule has 0 saturated heterocycles. The molecular formula is C18H15F3N4O. The summed E-state index contributed by atoms with van der Waals surface area (Å²) in [6.45, 7) is 3.43. The topological polar surface area (TPSA) is 70.9 Å². The molecule has 0 aliphatic heterocycles. The van der Waals surface area contributed by atoms with Crippen LogP contribution in [0.15, 0.2) is 42.7 Å². The van der Waals surface area contributed by atoms with Crippen LogP contribution in [-0.4, -0.2) is 20.1 Å². The Morgan fingerprint density at radius 1 is 1.04 bits per heavy atom. The van der Waals surface area contributed by atoms with Crippen molar-refractivity contribution in [3.8, 4) is 17.1 Å². The van der Waals surface area contributed by atoms with Crippen LogP contribution in [0.5, 0.6) is 5.75 Å². The van der Waals surface area contributed by atoms with Crippen LogP contribution in [0.2, 0.25) is 0 Å². The molecule has 0 fully saturated rings. The lowest BCUT2D eigenvalue weighted by molar-refractivity contribution is -0.141. The van der Waals surface area contributed by atoms with E-state index in [1.807, 2.05) is 0 Å². The minimum atomic E-state index is -4.61.